The number of allylic oxidation sites excluding steroid dienone is 1. The summed E-state index contributed by atoms with van der Waals surface area (Å²) >= 11 is 0. The van der Waals surface area contributed by atoms with Crippen LogP contribution in [0.5, 0.6) is 0 Å². The zero-order valence-corrected chi connectivity index (χ0v) is 10.7. The molecule has 0 aliphatic carbocycles. The molecular weight excluding hydrogens is 226 g/mol. The summed E-state index contributed by atoms with van der Waals surface area (Å²) in [6.45, 7) is 3.12. The maximum Gasteiger partial charge on any atom is 0.410 e. The number of carbonyl (C=O) groups is 1. The summed E-state index contributed by atoms with van der Waals surface area (Å²) in [4.78, 5) is 13.8. The van der Waals surface area contributed by atoms with Crippen LogP contribution in [0.1, 0.15) is 25.3 Å². The van der Waals surface area contributed by atoms with Crippen molar-refractivity contribution in [3.8, 4) is 0 Å². The Morgan fingerprint density at radius 1 is 1.44 bits per heavy atom. The van der Waals surface area contributed by atoms with E-state index in [1.165, 1.54) is 0 Å². The van der Waals surface area contributed by atoms with E-state index in [0.29, 0.717) is 6.61 Å². The number of ether oxygens (including phenoxy) is 1. The maximum absolute atomic E-state index is 12.0. The van der Waals surface area contributed by atoms with Crippen molar-refractivity contribution in [1.29, 1.82) is 0 Å². The van der Waals surface area contributed by atoms with Crippen LogP contribution in [-0.4, -0.2) is 23.6 Å². The molecule has 0 N–H and O–H groups in total. The van der Waals surface area contributed by atoms with Gasteiger partial charge in [-0.1, -0.05) is 42.5 Å². The predicted octanol–water partition coefficient (Wildman–Crippen LogP) is 3.36. The molecule has 1 aliphatic heterocycles. The Morgan fingerprint density at radius 3 is 2.94 bits per heavy atom. The van der Waals surface area contributed by atoms with Crippen LogP contribution in [0.4, 0.5) is 4.79 Å². The first-order valence-electron chi connectivity index (χ1n) is 6.41. The van der Waals surface area contributed by atoms with Gasteiger partial charge in [-0.3, -0.25) is 0 Å². The average molecular weight is 245 g/mol. The van der Waals surface area contributed by atoms with Crippen molar-refractivity contribution in [3.63, 3.8) is 0 Å². The SMILES string of the molecule is C/C=C\[C@@H]1CCCN1C(=O)OCc1ccccc1. The van der Waals surface area contributed by atoms with Gasteiger partial charge in [-0.15, -0.1) is 0 Å². The Labute approximate surface area is 108 Å². The van der Waals surface area contributed by atoms with Gasteiger partial charge in [-0.25, -0.2) is 4.79 Å². The van der Waals surface area contributed by atoms with Gasteiger partial charge in [0, 0.05) is 6.54 Å². The lowest BCUT2D eigenvalue weighted by atomic mass is 10.2. The fourth-order valence-corrected chi connectivity index (χ4v) is 2.24. The Kier molecular flexibility index (Phi) is 4.40. The van der Waals surface area contributed by atoms with Crippen LogP contribution in [0.3, 0.4) is 0 Å². The van der Waals surface area contributed by atoms with Crippen molar-refractivity contribution in [1.82, 2.24) is 4.90 Å². The first-order chi connectivity index (χ1) is 8.81. The third-order valence-corrected chi connectivity index (χ3v) is 3.15. The molecule has 1 aliphatic rings. The van der Waals surface area contributed by atoms with E-state index >= 15 is 0 Å². The van der Waals surface area contributed by atoms with Crippen LogP contribution in [-0.2, 0) is 11.3 Å². The van der Waals surface area contributed by atoms with Gasteiger partial charge in [0.05, 0.1) is 6.04 Å². The van der Waals surface area contributed by atoms with Gasteiger partial charge in [0.2, 0.25) is 0 Å². The Hall–Kier alpha value is -1.77. The highest BCUT2D eigenvalue weighted by molar-refractivity contribution is 5.68. The number of benzene rings is 1. The molecule has 0 unspecified atom stereocenters. The fourth-order valence-electron chi connectivity index (χ4n) is 2.24. The minimum Gasteiger partial charge on any atom is -0.445 e. The van der Waals surface area contributed by atoms with Crippen LogP contribution in [0.25, 0.3) is 0 Å². The summed E-state index contributed by atoms with van der Waals surface area (Å²) in [6, 6.07) is 9.97. The van der Waals surface area contributed by atoms with Gasteiger partial charge in [-0.05, 0) is 25.3 Å². The van der Waals surface area contributed by atoms with E-state index in [-0.39, 0.29) is 12.1 Å². The molecule has 1 heterocycles. The van der Waals surface area contributed by atoms with Crippen molar-refractivity contribution in [3.05, 3.63) is 48.0 Å². The molecule has 0 bridgehead atoms. The molecule has 0 aromatic heterocycles. The van der Waals surface area contributed by atoms with E-state index in [2.05, 4.69) is 6.08 Å². The van der Waals surface area contributed by atoms with Crippen LogP contribution >= 0.6 is 0 Å². The highest BCUT2D eigenvalue weighted by atomic mass is 16.6. The molecule has 1 aromatic carbocycles. The van der Waals surface area contributed by atoms with Crippen molar-refractivity contribution < 1.29 is 9.53 Å². The molecule has 1 fully saturated rings. The highest BCUT2D eigenvalue weighted by Crippen LogP contribution is 2.19. The Morgan fingerprint density at radius 2 is 2.22 bits per heavy atom. The molecule has 0 radical (unpaired) electrons. The number of amides is 1. The van der Waals surface area contributed by atoms with Crippen molar-refractivity contribution in [2.45, 2.75) is 32.4 Å². The summed E-state index contributed by atoms with van der Waals surface area (Å²) in [5.74, 6) is 0. The van der Waals surface area contributed by atoms with Gasteiger partial charge in [0.15, 0.2) is 0 Å². The van der Waals surface area contributed by atoms with E-state index in [1.54, 1.807) is 0 Å². The molecule has 0 spiro atoms. The van der Waals surface area contributed by atoms with Crippen molar-refractivity contribution in [2.75, 3.05) is 6.54 Å². The van der Waals surface area contributed by atoms with Crippen LogP contribution in [0.2, 0.25) is 0 Å². The van der Waals surface area contributed by atoms with Crippen molar-refractivity contribution >= 4 is 6.09 Å². The maximum atomic E-state index is 12.0. The van der Waals surface area contributed by atoms with E-state index in [1.807, 2.05) is 48.2 Å². The molecule has 1 aromatic rings. The monoisotopic (exact) mass is 245 g/mol. The van der Waals surface area contributed by atoms with Crippen LogP contribution < -0.4 is 0 Å². The van der Waals surface area contributed by atoms with Gasteiger partial charge in [-0.2, -0.15) is 0 Å². The normalized spacial score (nSPS) is 19.4. The molecule has 1 amide bonds. The van der Waals surface area contributed by atoms with Crippen LogP contribution in [0.15, 0.2) is 42.5 Å². The highest BCUT2D eigenvalue weighted by Gasteiger charge is 2.27. The molecule has 96 valence electrons. The number of rotatable bonds is 3. The quantitative estimate of drug-likeness (QED) is 0.764. The molecule has 1 saturated heterocycles. The van der Waals surface area contributed by atoms with Crippen molar-refractivity contribution in [2.24, 2.45) is 0 Å². The van der Waals surface area contributed by atoms with E-state index < -0.39 is 0 Å². The molecule has 1 atom stereocenters. The van der Waals surface area contributed by atoms with Gasteiger partial charge >= 0.3 is 6.09 Å². The van der Waals surface area contributed by atoms with E-state index in [9.17, 15) is 4.79 Å². The second-order valence-corrected chi connectivity index (χ2v) is 4.47. The Balaban J connectivity index is 1.88. The topological polar surface area (TPSA) is 29.5 Å². The minimum absolute atomic E-state index is 0.207. The lowest BCUT2D eigenvalue weighted by molar-refractivity contribution is 0.0975. The average Bonchev–Trinajstić information content (AvgIpc) is 2.86. The second kappa shape index (κ2) is 6.24. The third kappa shape index (κ3) is 3.13. The molecule has 18 heavy (non-hydrogen) atoms. The smallest absolute Gasteiger partial charge is 0.410 e. The molecule has 3 nitrogen and oxygen atoms in total. The lowest BCUT2D eigenvalue weighted by Gasteiger charge is -2.21. The second-order valence-electron chi connectivity index (χ2n) is 4.47. The van der Waals surface area contributed by atoms with Gasteiger partial charge < -0.3 is 9.64 Å². The number of hydrogen-bond donors (Lipinski definition) is 0. The van der Waals surface area contributed by atoms with Crippen LogP contribution in [0, 0.1) is 0 Å². The summed E-state index contributed by atoms with van der Waals surface area (Å²) in [5.41, 5.74) is 1.02. The molecular formula is C15H19NO2. The zero-order valence-electron chi connectivity index (χ0n) is 10.7. The van der Waals surface area contributed by atoms with Gasteiger partial charge in [0.1, 0.15) is 6.61 Å². The number of likely N-dealkylation sites (tertiary alicyclic amines) is 1. The summed E-state index contributed by atoms with van der Waals surface area (Å²) in [6.07, 6.45) is 5.93. The lowest BCUT2D eigenvalue weighted by Crippen LogP contribution is -2.34. The predicted molar refractivity (Wildman–Crippen MR) is 71.2 cm³/mol. The standard InChI is InChI=1S/C15H19NO2/c1-2-7-14-10-6-11-16(14)15(17)18-12-13-8-4-3-5-9-13/h2-5,7-9,14H,6,10-12H2,1H3/b7-2-/t14-/m1/s1. The first kappa shape index (κ1) is 12.7. The summed E-state index contributed by atoms with van der Waals surface area (Å²) in [5, 5.41) is 0. The van der Waals surface area contributed by atoms with E-state index in [4.69, 9.17) is 4.74 Å². The molecule has 0 saturated carbocycles. The zero-order chi connectivity index (χ0) is 12.8. The third-order valence-electron chi connectivity index (χ3n) is 3.15. The summed E-state index contributed by atoms with van der Waals surface area (Å²) < 4.78 is 5.34. The molecule has 2 rings (SSSR count). The fraction of sp³-hybridized carbons (Fsp3) is 0.400. The summed E-state index contributed by atoms with van der Waals surface area (Å²) in [7, 11) is 0. The Bertz CT molecular complexity index is 414. The van der Waals surface area contributed by atoms with E-state index in [0.717, 1.165) is 24.9 Å². The molecule has 3 heteroatoms. The first-order valence-corrected chi connectivity index (χ1v) is 6.41. The number of hydrogen-bond acceptors (Lipinski definition) is 2. The number of carbonyl (C=O) groups excluding carboxylic acids is 1. The van der Waals surface area contributed by atoms with Gasteiger partial charge in [0.25, 0.3) is 0 Å². The number of nitrogens with zero attached hydrogens (tertiary/aromatic N) is 1. The largest absolute Gasteiger partial charge is 0.445 e. The minimum atomic E-state index is -0.209.